The van der Waals surface area contributed by atoms with Gasteiger partial charge in [0.1, 0.15) is 5.52 Å². The zero-order valence-electron chi connectivity index (χ0n) is 10.0. The number of fused-ring (bicyclic) bond motifs is 1. The van der Waals surface area contributed by atoms with Gasteiger partial charge in [-0.3, -0.25) is 0 Å². The van der Waals surface area contributed by atoms with Crippen LogP contribution in [0, 0.1) is 5.92 Å². The Balaban J connectivity index is 2.46. The van der Waals surface area contributed by atoms with E-state index in [1.54, 1.807) is 6.33 Å². The van der Waals surface area contributed by atoms with Crippen LogP contribution < -0.4 is 5.73 Å². The summed E-state index contributed by atoms with van der Waals surface area (Å²) in [5.74, 6) is 0.881. The summed E-state index contributed by atoms with van der Waals surface area (Å²) >= 11 is 0. The molecule has 2 rings (SSSR count). The predicted octanol–water partition coefficient (Wildman–Crippen LogP) is 1.67. The van der Waals surface area contributed by atoms with Crippen molar-refractivity contribution >= 4 is 11.2 Å². The topological polar surface area (TPSA) is 56.7 Å². The Hall–Kier alpha value is -1.42. The van der Waals surface area contributed by atoms with Gasteiger partial charge in [0.15, 0.2) is 5.65 Å². The van der Waals surface area contributed by atoms with E-state index in [0.29, 0.717) is 18.4 Å². The summed E-state index contributed by atoms with van der Waals surface area (Å²) in [5, 5.41) is 0. The molecule has 2 heterocycles. The Morgan fingerprint density at radius 1 is 1.38 bits per heavy atom. The average molecular weight is 218 g/mol. The molecule has 0 saturated carbocycles. The van der Waals surface area contributed by atoms with Crippen LogP contribution in [-0.2, 0) is 7.05 Å². The van der Waals surface area contributed by atoms with Gasteiger partial charge >= 0.3 is 0 Å². The molecule has 16 heavy (non-hydrogen) atoms. The maximum atomic E-state index is 5.80. The number of aromatic nitrogens is 3. The van der Waals surface area contributed by atoms with Crippen molar-refractivity contribution in [1.29, 1.82) is 0 Å². The minimum atomic E-state index is 0.360. The Bertz CT molecular complexity index is 487. The molecule has 0 spiro atoms. The van der Waals surface area contributed by atoms with Gasteiger partial charge in [-0.1, -0.05) is 13.8 Å². The lowest BCUT2D eigenvalue weighted by Gasteiger charge is -2.18. The maximum Gasteiger partial charge on any atom is 0.159 e. The summed E-state index contributed by atoms with van der Waals surface area (Å²) in [5.41, 5.74) is 8.85. The number of nitrogens with zero attached hydrogens (tertiary/aromatic N) is 3. The second kappa shape index (κ2) is 4.22. The first-order chi connectivity index (χ1) is 7.63. The van der Waals surface area contributed by atoms with E-state index in [0.717, 1.165) is 11.2 Å². The predicted molar refractivity (Wildman–Crippen MR) is 65.1 cm³/mol. The molecule has 0 aromatic carbocycles. The first-order valence-electron chi connectivity index (χ1n) is 5.60. The van der Waals surface area contributed by atoms with E-state index in [9.17, 15) is 0 Å². The first-order valence-corrected chi connectivity index (χ1v) is 5.60. The zero-order chi connectivity index (χ0) is 11.7. The summed E-state index contributed by atoms with van der Waals surface area (Å²) in [4.78, 5) is 8.75. The highest BCUT2D eigenvalue weighted by Gasteiger charge is 2.15. The largest absolute Gasteiger partial charge is 0.330 e. The molecule has 0 radical (unpaired) electrons. The van der Waals surface area contributed by atoms with Gasteiger partial charge in [-0.05, 0) is 24.1 Å². The standard InChI is InChI=1S/C12H18N4/c1-8(2)10(5-13)9-4-11-12(14-6-9)16(3)7-15-11/h4,6-8,10H,5,13H2,1-3H3. The summed E-state index contributed by atoms with van der Waals surface area (Å²) in [7, 11) is 1.95. The van der Waals surface area contributed by atoms with Crippen LogP contribution in [0.25, 0.3) is 11.2 Å². The molecule has 1 unspecified atom stereocenters. The van der Waals surface area contributed by atoms with Crippen molar-refractivity contribution in [2.24, 2.45) is 18.7 Å². The van der Waals surface area contributed by atoms with Crippen LogP contribution in [0.4, 0.5) is 0 Å². The Kier molecular flexibility index (Phi) is 2.92. The van der Waals surface area contributed by atoms with E-state index in [4.69, 9.17) is 5.73 Å². The van der Waals surface area contributed by atoms with Crippen molar-refractivity contribution in [1.82, 2.24) is 14.5 Å². The lowest BCUT2D eigenvalue weighted by Crippen LogP contribution is -2.18. The summed E-state index contributed by atoms with van der Waals surface area (Å²) < 4.78 is 1.92. The van der Waals surface area contributed by atoms with Crippen LogP contribution >= 0.6 is 0 Å². The Morgan fingerprint density at radius 3 is 2.75 bits per heavy atom. The molecule has 86 valence electrons. The number of hydrogen-bond acceptors (Lipinski definition) is 3. The fourth-order valence-corrected chi connectivity index (χ4v) is 2.03. The summed E-state index contributed by atoms with van der Waals surface area (Å²) in [6, 6.07) is 2.10. The number of imidazole rings is 1. The van der Waals surface area contributed by atoms with Crippen molar-refractivity contribution in [3.05, 3.63) is 24.2 Å². The van der Waals surface area contributed by atoms with Crippen LogP contribution in [0.15, 0.2) is 18.6 Å². The smallest absolute Gasteiger partial charge is 0.159 e. The second-order valence-electron chi connectivity index (χ2n) is 4.55. The molecule has 0 aliphatic carbocycles. The molecular formula is C12H18N4. The molecule has 2 aromatic rings. The zero-order valence-corrected chi connectivity index (χ0v) is 10.0. The van der Waals surface area contributed by atoms with Crippen molar-refractivity contribution in [2.75, 3.05) is 6.54 Å². The number of rotatable bonds is 3. The van der Waals surface area contributed by atoms with Gasteiger partial charge in [0.25, 0.3) is 0 Å². The van der Waals surface area contributed by atoms with E-state index in [1.165, 1.54) is 5.56 Å². The van der Waals surface area contributed by atoms with Crippen LogP contribution in [0.2, 0.25) is 0 Å². The van der Waals surface area contributed by atoms with Gasteiger partial charge in [0.2, 0.25) is 0 Å². The van der Waals surface area contributed by atoms with Crippen molar-refractivity contribution in [3.63, 3.8) is 0 Å². The summed E-state index contributed by atoms with van der Waals surface area (Å²) in [6.07, 6.45) is 3.70. The molecule has 0 saturated heterocycles. The fraction of sp³-hybridized carbons (Fsp3) is 0.500. The molecule has 4 heteroatoms. The first kappa shape index (κ1) is 11.1. The van der Waals surface area contributed by atoms with Gasteiger partial charge in [0, 0.05) is 19.2 Å². The molecule has 0 aliphatic heterocycles. The van der Waals surface area contributed by atoms with Gasteiger partial charge in [-0.25, -0.2) is 9.97 Å². The number of pyridine rings is 1. The highest BCUT2D eigenvalue weighted by molar-refractivity contribution is 5.71. The van der Waals surface area contributed by atoms with Crippen LogP contribution in [-0.4, -0.2) is 21.1 Å². The van der Waals surface area contributed by atoms with Crippen molar-refractivity contribution in [3.8, 4) is 0 Å². The highest BCUT2D eigenvalue weighted by atomic mass is 15.1. The molecular weight excluding hydrogens is 200 g/mol. The molecule has 0 fully saturated rings. The number of nitrogens with two attached hydrogens (primary N) is 1. The number of aryl methyl sites for hydroxylation is 1. The molecule has 0 bridgehead atoms. The lowest BCUT2D eigenvalue weighted by molar-refractivity contribution is 0.505. The van der Waals surface area contributed by atoms with Crippen molar-refractivity contribution in [2.45, 2.75) is 19.8 Å². The third-order valence-electron chi connectivity index (χ3n) is 3.06. The van der Waals surface area contributed by atoms with E-state index in [-0.39, 0.29) is 0 Å². The third kappa shape index (κ3) is 1.80. The molecule has 0 aliphatic rings. The SMILES string of the molecule is CC(C)C(CN)c1cnc2c(c1)ncn2C. The maximum absolute atomic E-state index is 5.80. The Labute approximate surface area is 95.5 Å². The minimum Gasteiger partial charge on any atom is -0.330 e. The average Bonchev–Trinajstić information content (AvgIpc) is 2.61. The monoisotopic (exact) mass is 218 g/mol. The summed E-state index contributed by atoms with van der Waals surface area (Å²) in [6.45, 7) is 5.01. The highest BCUT2D eigenvalue weighted by Crippen LogP contribution is 2.24. The normalized spacial score (nSPS) is 13.6. The quantitative estimate of drug-likeness (QED) is 0.852. The second-order valence-corrected chi connectivity index (χ2v) is 4.55. The van der Waals surface area contributed by atoms with Gasteiger partial charge < -0.3 is 10.3 Å². The minimum absolute atomic E-state index is 0.360. The van der Waals surface area contributed by atoms with E-state index < -0.39 is 0 Å². The van der Waals surface area contributed by atoms with Gasteiger partial charge in [-0.2, -0.15) is 0 Å². The van der Waals surface area contributed by atoms with Crippen LogP contribution in [0.1, 0.15) is 25.3 Å². The Morgan fingerprint density at radius 2 is 2.12 bits per heavy atom. The van der Waals surface area contributed by atoms with Gasteiger partial charge in [0.05, 0.1) is 6.33 Å². The molecule has 4 nitrogen and oxygen atoms in total. The van der Waals surface area contributed by atoms with Gasteiger partial charge in [-0.15, -0.1) is 0 Å². The fourth-order valence-electron chi connectivity index (χ4n) is 2.03. The van der Waals surface area contributed by atoms with Crippen molar-refractivity contribution < 1.29 is 0 Å². The van der Waals surface area contributed by atoms with E-state index in [2.05, 4.69) is 29.9 Å². The van der Waals surface area contributed by atoms with E-state index >= 15 is 0 Å². The molecule has 2 aromatic heterocycles. The van der Waals surface area contributed by atoms with Crippen LogP contribution in [0.5, 0.6) is 0 Å². The number of hydrogen-bond donors (Lipinski definition) is 1. The van der Waals surface area contributed by atoms with E-state index in [1.807, 2.05) is 17.8 Å². The molecule has 0 amide bonds. The van der Waals surface area contributed by atoms with Crippen LogP contribution in [0.3, 0.4) is 0 Å². The molecule has 2 N–H and O–H groups in total. The molecule has 1 atom stereocenters. The lowest BCUT2D eigenvalue weighted by atomic mass is 9.89. The third-order valence-corrected chi connectivity index (χ3v) is 3.06.